The summed E-state index contributed by atoms with van der Waals surface area (Å²) in [5.74, 6) is 1.24. The number of hydrogen-bond donors (Lipinski definition) is 0. The van der Waals surface area contributed by atoms with E-state index in [2.05, 4.69) is 13.8 Å². The molecule has 0 heterocycles. The number of carbonyl (C=O) groups is 1. The van der Waals surface area contributed by atoms with Gasteiger partial charge in [0.2, 0.25) is 0 Å². The molecule has 0 radical (unpaired) electrons. The molecule has 2 heteroatoms. The quantitative estimate of drug-likeness (QED) is 0.716. The Bertz CT molecular complexity index is 227. The fourth-order valence-electron chi connectivity index (χ4n) is 2.79. The van der Waals surface area contributed by atoms with Gasteiger partial charge in [-0.3, -0.25) is 4.79 Å². The second-order valence-corrected chi connectivity index (χ2v) is 5.43. The molecule has 1 atom stereocenters. The maximum atomic E-state index is 12.4. The highest BCUT2D eigenvalue weighted by Crippen LogP contribution is 2.37. The van der Waals surface area contributed by atoms with Gasteiger partial charge in [-0.25, -0.2) is 0 Å². The average molecular weight is 226 g/mol. The van der Waals surface area contributed by atoms with Crippen molar-refractivity contribution < 1.29 is 9.53 Å². The molecule has 0 aliphatic heterocycles. The van der Waals surface area contributed by atoms with Crippen molar-refractivity contribution in [2.75, 3.05) is 7.11 Å². The van der Waals surface area contributed by atoms with Gasteiger partial charge in [-0.2, -0.15) is 0 Å². The van der Waals surface area contributed by atoms with Gasteiger partial charge < -0.3 is 4.74 Å². The van der Waals surface area contributed by atoms with E-state index in [1.807, 2.05) is 6.92 Å². The highest BCUT2D eigenvalue weighted by atomic mass is 16.5. The highest BCUT2D eigenvalue weighted by Gasteiger charge is 2.42. The maximum Gasteiger partial charge on any atom is 0.167 e. The average Bonchev–Trinajstić information content (AvgIpc) is 2.30. The Kier molecular flexibility index (Phi) is 4.97. The molecule has 0 aromatic heterocycles. The van der Waals surface area contributed by atoms with E-state index in [4.69, 9.17) is 4.74 Å². The van der Waals surface area contributed by atoms with Crippen molar-refractivity contribution in [2.24, 2.45) is 11.8 Å². The summed E-state index contributed by atoms with van der Waals surface area (Å²) in [4.78, 5) is 12.4. The summed E-state index contributed by atoms with van der Waals surface area (Å²) >= 11 is 0. The van der Waals surface area contributed by atoms with E-state index in [-0.39, 0.29) is 5.92 Å². The van der Waals surface area contributed by atoms with Crippen molar-refractivity contribution in [2.45, 2.75) is 64.9 Å². The Hall–Kier alpha value is -0.370. The molecule has 0 spiro atoms. The van der Waals surface area contributed by atoms with Crippen LogP contribution in [0.3, 0.4) is 0 Å². The molecule has 1 unspecified atom stereocenters. The van der Waals surface area contributed by atoms with Gasteiger partial charge in [0, 0.05) is 13.0 Å². The van der Waals surface area contributed by atoms with E-state index < -0.39 is 5.60 Å². The number of ether oxygens (including phenoxy) is 1. The molecule has 94 valence electrons. The summed E-state index contributed by atoms with van der Waals surface area (Å²) in [5, 5.41) is 0. The van der Waals surface area contributed by atoms with Crippen LogP contribution in [0.2, 0.25) is 0 Å². The summed E-state index contributed by atoms with van der Waals surface area (Å²) in [6.45, 7) is 6.44. The molecule has 1 saturated carbocycles. The lowest BCUT2D eigenvalue weighted by Gasteiger charge is -2.38. The Morgan fingerprint density at radius 3 is 2.44 bits per heavy atom. The van der Waals surface area contributed by atoms with Gasteiger partial charge in [-0.05, 0) is 38.0 Å². The SMILES string of the molecule is CCCC(C)C(=O)C1(OC)CCC(C)CC1. The molecule has 2 nitrogen and oxygen atoms in total. The van der Waals surface area contributed by atoms with Gasteiger partial charge in [0.25, 0.3) is 0 Å². The Morgan fingerprint density at radius 1 is 1.44 bits per heavy atom. The van der Waals surface area contributed by atoms with Gasteiger partial charge in [-0.15, -0.1) is 0 Å². The first kappa shape index (κ1) is 13.7. The van der Waals surface area contributed by atoms with Gasteiger partial charge in [0.1, 0.15) is 5.60 Å². The lowest BCUT2D eigenvalue weighted by Crippen LogP contribution is -2.46. The Morgan fingerprint density at radius 2 is 2.00 bits per heavy atom. The van der Waals surface area contributed by atoms with Crippen LogP contribution < -0.4 is 0 Å². The molecule has 16 heavy (non-hydrogen) atoms. The number of rotatable bonds is 5. The van der Waals surface area contributed by atoms with Crippen LogP contribution in [-0.4, -0.2) is 18.5 Å². The van der Waals surface area contributed by atoms with Crippen molar-refractivity contribution in [1.82, 2.24) is 0 Å². The van der Waals surface area contributed by atoms with Gasteiger partial charge in [-0.1, -0.05) is 27.2 Å². The number of ketones is 1. The summed E-state index contributed by atoms with van der Waals surface area (Å²) in [5.41, 5.74) is -0.457. The first-order valence-electron chi connectivity index (χ1n) is 6.65. The van der Waals surface area contributed by atoms with Crippen LogP contribution in [0.25, 0.3) is 0 Å². The third kappa shape index (κ3) is 2.85. The predicted octanol–water partition coefficient (Wildman–Crippen LogP) is 3.59. The van der Waals surface area contributed by atoms with E-state index in [0.29, 0.717) is 5.78 Å². The zero-order chi connectivity index (χ0) is 12.2. The summed E-state index contributed by atoms with van der Waals surface area (Å²) < 4.78 is 5.61. The molecule has 1 fully saturated rings. The van der Waals surface area contributed by atoms with Crippen LogP contribution in [0.4, 0.5) is 0 Å². The van der Waals surface area contributed by atoms with Crippen molar-refractivity contribution in [3.8, 4) is 0 Å². The van der Waals surface area contributed by atoms with Crippen LogP contribution in [0.5, 0.6) is 0 Å². The molecule has 0 amide bonds. The van der Waals surface area contributed by atoms with E-state index in [0.717, 1.165) is 44.4 Å². The van der Waals surface area contributed by atoms with Crippen molar-refractivity contribution in [1.29, 1.82) is 0 Å². The Labute approximate surface area is 99.8 Å². The van der Waals surface area contributed by atoms with Gasteiger partial charge in [0.15, 0.2) is 5.78 Å². The molecule has 0 bridgehead atoms. The smallest absolute Gasteiger partial charge is 0.167 e. The minimum absolute atomic E-state index is 0.151. The largest absolute Gasteiger partial charge is 0.370 e. The van der Waals surface area contributed by atoms with E-state index in [1.165, 1.54) is 0 Å². The monoisotopic (exact) mass is 226 g/mol. The van der Waals surface area contributed by atoms with Crippen LogP contribution in [0.1, 0.15) is 59.3 Å². The summed E-state index contributed by atoms with van der Waals surface area (Å²) in [6.07, 6.45) is 6.13. The number of Topliss-reactive ketones (excluding diaryl/α,β-unsaturated/α-hetero) is 1. The van der Waals surface area contributed by atoms with Crippen LogP contribution >= 0.6 is 0 Å². The fourth-order valence-corrected chi connectivity index (χ4v) is 2.79. The molecular weight excluding hydrogens is 200 g/mol. The first-order valence-corrected chi connectivity index (χ1v) is 6.65. The molecule has 1 aliphatic carbocycles. The molecule has 1 aliphatic rings. The normalized spacial score (nSPS) is 32.4. The van der Waals surface area contributed by atoms with Crippen molar-refractivity contribution in [3.63, 3.8) is 0 Å². The van der Waals surface area contributed by atoms with E-state index in [9.17, 15) is 4.79 Å². The molecule has 0 N–H and O–H groups in total. The van der Waals surface area contributed by atoms with Crippen molar-refractivity contribution >= 4 is 5.78 Å². The van der Waals surface area contributed by atoms with Crippen LogP contribution in [0, 0.1) is 11.8 Å². The first-order chi connectivity index (χ1) is 7.55. The standard InChI is InChI=1S/C14H26O2/c1-5-6-12(3)13(15)14(16-4)9-7-11(2)8-10-14/h11-12H,5-10H2,1-4H3. The zero-order valence-corrected chi connectivity index (χ0v) is 11.2. The number of carbonyl (C=O) groups excluding carboxylic acids is 1. The van der Waals surface area contributed by atoms with Crippen molar-refractivity contribution in [3.05, 3.63) is 0 Å². The lowest BCUT2D eigenvalue weighted by molar-refractivity contribution is -0.150. The number of hydrogen-bond acceptors (Lipinski definition) is 2. The number of methoxy groups -OCH3 is 1. The minimum atomic E-state index is -0.457. The van der Waals surface area contributed by atoms with Crippen LogP contribution in [0.15, 0.2) is 0 Å². The van der Waals surface area contributed by atoms with Crippen LogP contribution in [-0.2, 0) is 9.53 Å². The minimum Gasteiger partial charge on any atom is -0.370 e. The van der Waals surface area contributed by atoms with E-state index in [1.54, 1.807) is 7.11 Å². The maximum absolute atomic E-state index is 12.4. The molecule has 1 rings (SSSR count). The summed E-state index contributed by atoms with van der Waals surface area (Å²) in [6, 6.07) is 0. The molecule has 0 aromatic carbocycles. The topological polar surface area (TPSA) is 26.3 Å². The molecular formula is C14H26O2. The third-order valence-electron chi connectivity index (χ3n) is 4.09. The molecule has 0 saturated heterocycles. The predicted molar refractivity (Wildman–Crippen MR) is 66.5 cm³/mol. The summed E-state index contributed by atoms with van der Waals surface area (Å²) in [7, 11) is 1.70. The second kappa shape index (κ2) is 5.81. The zero-order valence-electron chi connectivity index (χ0n) is 11.2. The Balaban J connectivity index is 2.68. The van der Waals surface area contributed by atoms with Gasteiger partial charge in [0.05, 0.1) is 0 Å². The second-order valence-electron chi connectivity index (χ2n) is 5.43. The highest BCUT2D eigenvalue weighted by molar-refractivity contribution is 5.89. The fraction of sp³-hybridized carbons (Fsp3) is 0.929. The van der Waals surface area contributed by atoms with E-state index >= 15 is 0 Å². The van der Waals surface area contributed by atoms with Gasteiger partial charge >= 0.3 is 0 Å². The molecule has 0 aromatic rings. The lowest BCUT2D eigenvalue weighted by atomic mass is 9.74. The third-order valence-corrected chi connectivity index (χ3v) is 4.09.